The van der Waals surface area contributed by atoms with E-state index in [1.165, 1.54) is 4.90 Å². The highest BCUT2D eigenvalue weighted by molar-refractivity contribution is 8.00. The molecule has 0 aliphatic carbocycles. The number of thioether (sulfide) groups is 1. The van der Waals surface area contributed by atoms with E-state index in [1.807, 2.05) is 18.7 Å². The third kappa shape index (κ3) is 6.06. The number of aliphatic imine (C=N–C) groups is 1. The number of hydrogen-bond acceptors (Lipinski definition) is 3. The highest BCUT2D eigenvalue weighted by atomic mass is 32.2. The van der Waals surface area contributed by atoms with E-state index >= 15 is 0 Å². The van der Waals surface area contributed by atoms with Crippen molar-refractivity contribution in [2.24, 2.45) is 4.99 Å². The zero-order valence-electron chi connectivity index (χ0n) is 13.9. The summed E-state index contributed by atoms with van der Waals surface area (Å²) in [4.78, 5) is 8.30. The first-order valence-corrected chi connectivity index (χ1v) is 9.42. The van der Waals surface area contributed by atoms with E-state index in [1.54, 1.807) is 0 Å². The van der Waals surface area contributed by atoms with Crippen molar-refractivity contribution in [3.05, 3.63) is 0 Å². The molecule has 0 radical (unpaired) electrons. The summed E-state index contributed by atoms with van der Waals surface area (Å²) < 4.78 is 37.5. The van der Waals surface area contributed by atoms with Crippen LogP contribution in [0.4, 0.5) is 13.2 Å². The third-order valence-electron chi connectivity index (χ3n) is 4.21. The minimum Gasteiger partial charge on any atom is -0.352 e. The topological polar surface area (TPSA) is 30.9 Å². The largest absolute Gasteiger partial charge is 0.401 e. The maximum atomic E-state index is 12.5. The van der Waals surface area contributed by atoms with Gasteiger partial charge in [-0.1, -0.05) is 6.92 Å². The van der Waals surface area contributed by atoms with Crippen molar-refractivity contribution in [3.8, 4) is 0 Å². The molecular formula is C15H27F3N4S. The monoisotopic (exact) mass is 352 g/mol. The van der Waals surface area contributed by atoms with Crippen LogP contribution < -0.4 is 5.32 Å². The first-order chi connectivity index (χ1) is 10.9. The van der Waals surface area contributed by atoms with Crippen LogP contribution in [0.2, 0.25) is 0 Å². The number of hydrogen-bond donors (Lipinski definition) is 1. The van der Waals surface area contributed by atoms with Gasteiger partial charge in [0.25, 0.3) is 0 Å². The Morgan fingerprint density at radius 2 is 2.04 bits per heavy atom. The van der Waals surface area contributed by atoms with Crippen molar-refractivity contribution in [3.63, 3.8) is 0 Å². The average Bonchev–Trinajstić information content (AvgIpc) is 2.92. The lowest BCUT2D eigenvalue weighted by atomic mass is 10.2. The molecule has 4 nitrogen and oxygen atoms in total. The summed E-state index contributed by atoms with van der Waals surface area (Å²) in [6.07, 6.45) is -2.25. The molecule has 2 unspecified atom stereocenters. The molecular weight excluding hydrogens is 325 g/mol. The fourth-order valence-corrected chi connectivity index (χ4v) is 4.26. The third-order valence-corrected chi connectivity index (χ3v) is 5.58. The SMILES string of the molecule is CCN=C(NC1CCN(CC(F)(F)F)C1)N1CCSC(CC)C1. The number of halogens is 3. The molecule has 0 saturated carbocycles. The Hall–Kier alpha value is -0.630. The lowest BCUT2D eigenvalue weighted by molar-refractivity contribution is -0.143. The van der Waals surface area contributed by atoms with E-state index in [0.29, 0.717) is 24.9 Å². The zero-order chi connectivity index (χ0) is 16.9. The van der Waals surface area contributed by atoms with Gasteiger partial charge in [0.2, 0.25) is 0 Å². The van der Waals surface area contributed by atoms with E-state index < -0.39 is 12.7 Å². The second-order valence-corrected chi connectivity index (χ2v) is 7.53. The van der Waals surface area contributed by atoms with Crippen LogP contribution in [-0.2, 0) is 0 Å². The second kappa shape index (κ2) is 8.46. The van der Waals surface area contributed by atoms with Gasteiger partial charge in [-0.15, -0.1) is 0 Å². The lowest BCUT2D eigenvalue weighted by Gasteiger charge is -2.35. The Bertz CT molecular complexity index is 403. The van der Waals surface area contributed by atoms with Gasteiger partial charge in [0.05, 0.1) is 6.54 Å². The summed E-state index contributed by atoms with van der Waals surface area (Å²) in [5.41, 5.74) is 0. The Morgan fingerprint density at radius 3 is 2.70 bits per heavy atom. The van der Waals surface area contributed by atoms with Gasteiger partial charge in [-0.2, -0.15) is 24.9 Å². The molecule has 2 saturated heterocycles. The molecule has 0 aromatic rings. The van der Waals surface area contributed by atoms with Crippen LogP contribution in [0.1, 0.15) is 26.7 Å². The normalized spacial score (nSPS) is 27.5. The van der Waals surface area contributed by atoms with Crippen LogP contribution in [0.3, 0.4) is 0 Å². The first-order valence-electron chi connectivity index (χ1n) is 8.38. The van der Waals surface area contributed by atoms with Crippen LogP contribution in [0.15, 0.2) is 4.99 Å². The average molecular weight is 352 g/mol. The number of alkyl halides is 3. The number of likely N-dealkylation sites (tertiary alicyclic amines) is 1. The van der Waals surface area contributed by atoms with Gasteiger partial charge < -0.3 is 10.2 Å². The van der Waals surface area contributed by atoms with Crippen molar-refractivity contribution in [1.29, 1.82) is 0 Å². The van der Waals surface area contributed by atoms with Crippen molar-refractivity contribution < 1.29 is 13.2 Å². The number of nitrogens with zero attached hydrogens (tertiary/aromatic N) is 3. The summed E-state index contributed by atoms with van der Waals surface area (Å²) in [6.45, 7) is 6.88. The molecule has 0 aromatic heterocycles. The Labute approximate surface area is 140 Å². The summed E-state index contributed by atoms with van der Waals surface area (Å²) in [5, 5.41) is 4.01. The molecule has 8 heteroatoms. The van der Waals surface area contributed by atoms with Gasteiger partial charge in [-0.05, 0) is 19.8 Å². The molecule has 2 atom stereocenters. The fourth-order valence-electron chi connectivity index (χ4n) is 3.08. The fraction of sp³-hybridized carbons (Fsp3) is 0.933. The second-order valence-electron chi connectivity index (χ2n) is 6.13. The highest BCUT2D eigenvalue weighted by Crippen LogP contribution is 2.22. The Morgan fingerprint density at radius 1 is 1.26 bits per heavy atom. The van der Waals surface area contributed by atoms with Crippen molar-refractivity contribution in [2.45, 2.75) is 44.2 Å². The molecule has 2 rings (SSSR count). The van der Waals surface area contributed by atoms with Gasteiger partial charge in [0, 0.05) is 49.8 Å². The summed E-state index contributed by atoms with van der Waals surface area (Å²) >= 11 is 1.99. The van der Waals surface area contributed by atoms with Crippen LogP contribution in [0.25, 0.3) is 0 Å². The maximum absolute atomic E-state index is 12.5. The highest BCUT2D eigenvalue weighted by Gasteiger charge is 2.35. The summed E-state index contributed by atoms with van der Waals surface area (Å²) in [5.74, 6) is 1.94. The molecule has 0 aromatic carbocycles. The number of rotatable bonds is 4. The van der Waals surface area contributed by atoms with Gasteiger partial charge in [-0.25, -0.2) is 0 Å². The van der Waals surface area contributed by atoms with Crippen LogP contribution in [-0.4, -0.2) is 78.2 Å². The quantitative estimate of drug-likeness (QED) is 0.622. The molecule has 134 valence electrons. The number of nitrogens with one attached hydrogen (secondary N) is 1. The standard InChI is InChI=1S/C15H27F3N4S/c1-3-13-10-22(7-8-23-13)14(19-4-2)20-12-5-6-21(9-12)11-15(16,17)18/h12-13H,3-11H2,1-2H3,(H,19,20). The number of guanidine groups is 1. The minimum atomic E-state index is -4.12. The molecule has 0 spiro atoms. The predicted molar refractivity (Wildman–Crippen MR) is 90.1 cm³/mol. The van der Waals surface area contributed by atoms with E-state index in [9.17, 15) is 13.2 Å². The molecule has 23 heavy (non-hydrogen) atoms. The van der Waals surface area contributed by atoms with E-state index in [-0.39, 0.29) is 6.04 Å². The van der Waals surface area contributed by atoms with Gasteiger partial charge in [0.1, 0.15) is 0 Å². The van der Waals surface area contributed by atoms with Crippen molar-refractivity contribution in [1.82, 2.24) is 15.1 Å². The minimum absolute atomic E-state index is 0.0531. The molecule has 2 aliphatic heterocycles. The summed E-state index contributed by atoms with van der Waals surface area (Å²) in [6, 6.07) is 0.0531. The molecule has 0 amide bonds. The smallest absolute Gasteiger partial charge is 0.352 e. The predicted octanol–water partition coefficient (Wildman–Crippen LogP) is 2.42. The zero-order valence-corrected chi connectivity index (χ0v) is 14.7. The Balaban J connectivity index is 1.89. The molecule has 2 heterocycles. The summed E-state index contributed by atoms with van der Waals surface area (Å²) in [7, 11) is 0. The lowest BCUT2D eigenvalue weighted by Crippen LogP contribution is -2.51. The van der Waals surface area contributed by atoms with Crippen LogP contribution >= 0.6 is 11.8 Å². The van der Waals surface area contributed by atoms with Gasteiger partial charge in [0.15, 0.2) is 5.96 Å². The van der Waals surface area contributed by atoms with Crippen molar-refractivity contribution >= 4 is 17.7 Å². The van der Waals surface area contributed by atoms with Gasteiger partial charge >= 0.3 is 6.18 Å². The Kier molecular flexibility index (Phi) is 6.88. The van der Waals surface area contributed by atoms with Gasteiger partial charge in [-0.3, -0.25) is 9.89 Å². The first kappa shape index (κ1) is 18.7. The van der Waals surface area contributed by atoms with E-state index in [2.05, 4.69) is 22.1 Å². The van der Waals surface area contributed by atoms with E-state index in [0.717, 1.165) is 37.6 Å². The molecule has 2 fully saturated rings. The van der Waals surface area contributed by atoms with E-state index in [4.69, 9.17) is 0 Å². The van der Waals surface area contributed by atoms with Crippen molar-refractivity contribution in [2.75, 3.05) is 45.0 Å². The molecule has 1 N–H and O–H groups in total. The van der Waals surface area contributed by atoms with Crippen LogP contribution in [0.5, 0.6) is 0 Å². The molecule has 2 aliphatic rings. The van der Waals surface area contributed by atoms with Crippen LogP contribution in [0, 0.1) is 0 Å². The maximum Gasteiger partial charge on any atom is 0.401 e. The molecule has 0 bridgehead atoms.